The van der Waals surface area contributed by atoms with Gasteiger partial charge < -0.3 is 5.32 Å². The number of thiocarbonyl (C=S) groups is 1. The molecule has 0 unspecified atom stereocenters. The number of carbonyl (C=O) groups is 2. The van der Waals surface area contributed by atoms with Crippen LogP contribution in [-0.4, -0.2) is 38.2 Å². The van der Waals surface area contributed by atoms with Gasteiger partial charge in [-0.3, -0.25) is 29.8 Å². The van der Waals surface area contributed by atoms with Crippen molar-refractivity contribution >= 4 is 40.5 Å². The fraction of sp³-hybridized carbons (Fsp3) is 0.100. The summed E-state index contributed by atoms with van der Waals surface area (Å²) >= 11 is 4.77. The predicted octanol–water partition coefficient (Wildman–Crippen LogP) is 0.360. The Labute approximate surface area is 121 Å². The topological polar surface area (TPSA) is 136 Å². The number of nitro benzene ring substituents is 2. The first-order valence-electron chi connectivity index (χ1n) is 5.40. The van der Waals surface area contributed by atoms with E-state index in [1.165, 1.54) is 0 Å². The van der Waals surface area contributed by atoms with E-state index in [1.54, 1.807) is 0 Å². The van der Waals surface area contributed by atoms with Gasteiger partial charge in [0, 0.05) is 12.1 Å². The maximum absolute atomic E-state index is 12.1. The lowest BCUT2D eigenvalue weighted by Crippen LogP contribution is -2.36. The third kappa shape index (κ3) is 2.67. The van der Waals surface area contributed by atoms with Gasteiger partial charge in [0.15, 0.2) is 5.11 Å². The first kappa shape index (κ1) is 14.5. The van der Waals surface area contributed by atoms with Crippen LogP contribution in [0.4, 0.5) is 11.4 Å². The van der Waals surface area contributed by atoms with Crippen molar-refractivity contribution in [1.82, 2.24) is 10.2 Å². The lowest BCUT2D eigenvalue weighted by atomic mass is 10.1. The van der Waals surface area contributed by atoms with E-state index in [9.17, 15) is 29.8 Å². The zero-order chi connectivity index (χ0) is 15.7. The number of hydrogen-bond donors (Lipinski definition) is 1. The molecule has 0 aliphatic carbocycles. The Morgan fingerprint density at radius 2 is 1.71 bits per heavy atom. The third-order valence-corrected chi connectivity index (χ3v) is 2.94. The lowest BCUT2D eigenvalue weighted by molar-refractivity contribution is -0.394. The standard InChI is InChI=1S/C10H6N4O6S/c15-8-4-11-10(21)12(8)9(16)5-1-6(13(17)18)3-7(2-5)14(19)20/h1-3H,4H2,(H,11,21). The van der Waals surface area contributed by atoms with E-state index in [0.29, 0.717) is 4.90 Å². The van der Waals surface area contributed by atoms with Crippen LogP contribution in [0.5, 0.6) is 0 Å². The smallest absolute Gasteiger partial charge is 0.277 e. The molecule has 0 bridgehead atoms. The van der Waals surface area contributed by atoms with E-state index < -0.39 is 33.0 Å². The summed E-state index contributed by atoms with van der Waals surface area (Å²) in [5.74, 6) is -1.60. The fourth-order valence-electron chi connectivity index (χ4n) is 1.69. The van der Waals surface area contributed by atoms with Crippen LogP contribution in [0.3, 0.4) is 0 Å². The van der Waals surface area contributed by atoms with E-state index in [2.05, 4.69) is 5.32 Å². The predicted molar refractivity (Wildman–Crippen MR) is 71.5 cm³/mol. The summed E-state index contributed by atoms with van der Waals surface area (Å²) in [5.41, 5.74) is -1.62. The Kier molecular flexibility index (Phi) is 3.58. The molecule has 1 N–H and O–H groups in total. The number of amides is 2. The first-order chi connectivity index (χ1) is 9.81. The number of nitrogens with zero attached hydrogens (tertiary/aromatic N) is 3. The Balaban J connectivity index is 2.50. The summed E-state index contributed by atoms with van der Waals surface area (Å²) in [6, 6.07) is 2.42. The molecule has 1 saturated heterocycles. The van der Waals surface area contributed by atoms with E-state index in [-0.39, 0.29) is 17.2 Å². The summed E-state index contributed by atoms with van der Waals surface area (Å²) in [5, 5.41) is 23.8. The molecule has 1 fully saturated rings. The van der Waals surface area contributed by atoms with Gasteiger partial charge in [-0.2, -0.15) is 0 Å². The second-order valence-corrected chi connectivity index (χ2v) is 4.33. The van der Waals surface area contributed by atoms with E-state index in [1.807, 2.05) is 0 Å². The van der Waals surface area contributed by atoms with E-state index in [4.69, 9.17) is 12.2 Å². The molecule has 0 atom stereocenters. The van der Waals surface area contributed by atoms with Crippen molar-refractivity contribution in [2.24, 2.45) is 0 Å². The fourth-order valence-corrected chi connectivity index (χ4v) is 1.94. The zero-order valence-corrected chi connectivity index (χ0v) is 11.0. The highest BCUT2D eigenvalue weighted by molar-refractivity contribution is 7.80. The van der Waals surface area contributed by atoms with Crippen molar-refractivity contribution in [1.29, 1.82) is 0 Å². The van der Waals surface area contributed by atoms with Crippen LogP contribution < -0.4 is 5.32 Å². The molecule has 1 heterocycles. The quantitative estimate of drug-likeness (QED) is 0.366. The van der Waals surface area contributed by atoms with Gasteiger partial charge in [-0.25, -0.2) is 4.90 Å². The number of carbonyl (C=O) groups excluding carboxylic acids is 2. The van der Waals surface area contributed by atoms with Gasteiger partial charge in [0.2, 0.25) is 0 Å². The summed E-state index contributed by atoms with van der Waals surface area (Å²) in [6.45, 7) is -0.179. The highest BCUT2D eigenvalue weighted by atomic mass is 32.1. The summed E-state index contributed by atoms with van der Waals surface area (Å²) in [6.07, 6.45) is 0. The molecule has 1 aliphatic rings. The summed E-state index contributed by atoms with van der Waals surface area (Å²) < 4.78 is 0. The minimum atomic E-state index is -0.957. The van der Waals surface area contributed by atoms with Gasteiger partial charge in [0.25, 0.3) is 23.2 Å². The number of nitrogens with one attached hydrogen (secondary N) is 1. The molecular weight excluding hydrogens is 304 g/mol. The van der Waals surface area contributed by atoms with Crippen LogP contribution in [0.25, 0.3) is 0 Å². The number of rotatable bonds is 3. The van der Waals surface area contributed by atoms with Gasteiger partial charge in [-0.15, -0.1) is 0 Å². The molecule has 0 radical (unpaired) electrons. The molecular formula is C10H6N4O6S. The number of hydrogen-bond acceptors (Lipinski definition) is 7. The van der Waals surface area contributed by atoms with Gasteiger partial charge in [0.1, 0.15) is 0 Å². The summed E-state index contributed by atoms with van der Waals surface area (Å²) in [7, 11) is 0. The zero-order valence-electron chi connectivity index (χ0n) is 10.1. The highest BCUT2D eigenvalue weighted by Gasteiger charge is 2.33. The third-order valence-electron chi connectivity index (χ3n) is 2.62. The minimum absolute atomic E-state index is 0.154. The first-order valence-corrected chi connectivity index (χ1v) is 5.81. The molecule has 1 aromatic carbocycles. The number of nitro groups is 2. The Bertz CT molecular complexity index is 655. The minimum Gasteiger partial charge on any atom is -0.353 e. The number of non-ortho nitro benzene ring substituents is 2. The molecule has 0 spiro atoms. The van der Waals surface area contributed by atoms with Crippen molar-refractivity contribution in [3.8, 4) is 0 Å². The SMILES string of the molecule is O=C1CNC(=S)N1C(=O)c1cc([N+](=O)[O-])cc([N+](=O)[O-])c1. The van der Waals surface area contributed by atoms with Gasteiger partial charge in [0.05, 0.1) is 28.0 Å². The van der Waals surface area contributed by atoms with Crippen molar-refractivity contribution in [2.75, 3.05) is 6.54 Å². The maximum atomic E-state index is 12.1. The normalized spacial score (nSPS) is 14.0. The van der Waals surface area contributed by atoms with Crippen LogP contribution in [0, 0.1) is 20.2 Å². The molecule has 108 valence electrons. The Morgan fingerprint density at radius 3 is 2.10 bits per heavy atom. The monoisotopic (exact) mass is 310 g/mol. The van der Waals surface area contributed by atoms with Crippen LogP contribution in [0.2, 0.25) is 0 Å². The van der Waals surface area contributed by atoms with Crippen molar-refractivity contribution < 1.29 is 19.4 Å². The second kappa shape index (κ2) is 5.20. The van der Waals surface area contributed by atoms with Gasteiger partial charge in [-0.1, -0.05) is 0 Å². The number of imide groups is 1. The van der Waals surface area contributed by atoms with Crippen molar-refractivity contribution in [3.05, 3.63) is 44.0 Å². The Hall–Kier alpha value is -2.95. The van der Waals surface area contributed by atoms with E-state index >= 15 is 0 Å². The van der Waals surface area contributed by atoms with Crippen molar-refractivity contribution in [2.45, 2.75) is 0 Å². The molecule has 0 aromatic heterocycles. The van der Waals surface area contributed by atoms with Crippen LogP contribution in [-0.2, 0) is 4.79 Å². The van der Waals surface area contributed by atoms with Gasteiger partial charge in [-0.05, 0) is 12.2 Å². The maximum Gasteiger partial charge on any atom is 0.277 e. The second-order valence-electron chi connectivity index (χ2n) is 3.95. The largest absolute Gasteiger partial charge is 0.353 e. The number of benzene rings is 1. The molecule has 2 amide bonds. The van der Waals surface area contributed by atoms with E-state index in [0.717, 1.165) is 18.2 Å². The molecule has 10 nitrogen and oxygen atoms in total. The lowest BCUT2D eigenvalue weighted by Gasteiger charge is -2.12. The molecule has 11 heteroatoms. The van der Waals surface area contributed by atoms with Crippen LogP contribution in [0.15, 0.2) is 18.2 Å². The summed E-state index contributed by atoms with van der Waals surface area (Å²) in [4.78, 5) is 44.1. The van der Waals surface area contributed by atoms with Crippen molar-refractivity contribution in [3.63, 3.8) is 0 Å². The molecule has 0 saturated carbocycles. The van der Waals surface area contributed by atoms with Crippen LogP contribution in [0.1, 0.15) is 10.4 Å². The highest BCUT2D eigenvalue weighted by Crippen LogP contribution is 2.24. The Morgan fingerprint density at radius 1 is 1.19 bits per heavy atom. The molecule has 1 aliphatic heterocycles. The van der Waals surface area contributed by atoms with Gasteiger partial charge >= 0.3 is 0 Å². The average Bonchev–Trinajstić information content (AvgIpc) is 2.76. The molecule has 1 aromatic rings. The average molecular weight is 310 g/mol. The molecule has 2 rings (SSSR count). The van der Waals surface area contributed by atoms with Crippen LogP contribution >= 0.6 is 12.2 Å². The molecule has 21 heavy (non-hydrogen) atoms.